The average molecular weight is 355 g/mol. The molecule has 1 aliphatic carbocycles. The summed E-state index contributed by atoms with van der Waals surface area (Å²) in [7, 11) is 0. The van der Waals surface area contributed by atoms with E-state index in [2.05, 4.69) is 16.0 Å². The van der Waals surface area contributed by atoms with Crippen LogP contribution < -0.4 is 16.0 Å². The van der Waals surface area contributed by atoms with Gasteiger partial charge in [-0.3, -0.25) is 9.59 Å². The number of halogens is 3. The second-order valence-electron chi connectivity index (χ2n) is 6.52. The molecule has 2 amide bonds. The predicted octanol–water partition coefficient (Wildman–Crippen LogP) is 2.43. The van der Waals surface area contributed by atoms with Gasteiger partial charge in [-0.1, -0.05) is 25.0 Å². The van der Waals surface area contributed by atoms with Crippen LogP contribution in [0.25, 0.3) is 0 Å². The molecule has 25 heavy (non-hydrogen) atoms. The Morgan fingerprint density at radius 3 is 2.56 bits per heavy atom. The molecule has 0 spiro atoms. The van der Waals surface area contributed by atoms with Crippen molar-refractivity contribution in [2.45, 2.75) is 56.4 Å². The van der Waals surface area contributed by atoms with E-state index in [0.717, 1.165) is 31.7 Å². The van der Waals surface area contributed by atoms with Crippen LogP contribution in [0.2, 0.25) is 0 Å². The third-order valence-corrected chi connectivity index (χ3v) is 4.72. The first-order valence-electron chi connectivity index (χ1n) is 8.37. The van der Waals surface area contributed by atoms with Gasteiger partial charge < -0.3 is 16.0 Å². The molecule has 1 aromatic carbocycles. The Morgan fingerprint density at radius 1 is 1.16 bits per heavy atom. The molecule has 3 rings (SSSR count). The number of nitrogens with one attached hydrogen (secondary N) is 3. The number of benzene rings is 1. The first-order chi connectivity index (χ1) is 11.8. The van der Waals surface area contributed by atoms with E-state index in [-0.39, 0.29) is 30.1 Å². The Labute approximate surface area is 143 Å². The van der Waals surface area contributed by atoms with Crippen LogP contribution in [-0.2, 0) is 15.8 Å². The fourth-order valence-electron chi connectivity index (χ4n) is 3.50. The minimum absolute atomic E-state index is 0.0755. The fraction of sp³-hybridized carbons (Fsp3) is 0.529. The molecule has 1 saturated heterocycles. The van der Waals surface area contributed by atoms with E-state index in [1.54, 1.807) is 0 Å². The Morgan fingerprint density at radius 2 is 1.84 bits per heavy atom. The summed E-state index contributed by atoms with van der Waals surface area (Å²) >= 11 is 0. The molecule has 2 fully saturated rings. The SMILES string of the molecule is O=C(C[C@H]1N[C@H]2CCCC[C@H]2NC1=O)Nc1ccccc1C(F)(F)F. The number of anilines is 1. The van der Waals surface area contributed by atoms with Crippen LogP contribution in [0, 0.1) is 0 Å². The minimum atomic E-state index is -4.56. The summed E-state index contributed by atoms with van der Waals surface area (Å²) in [5.41, 5.74) is -1.21. The standard InChI is InChI=1S/C17H20F3N3O2/c18-17(19,20)10-5-1-2-6-11(10)22-15(24)9-14-16(25)23-13-8-4-3-7-12(13)21-14/h1-2,5-6,12-14,21H,3-4,7-9H2,(H,22,24)(H,23,25)/t12-,13+,14+/m0/s1. The van der Waals surface area contributed by atoms with Crippen LogP contribution in [0.4, 0.5) is 18.9 Å². The molecular formula is C17H20F3N3O2. The van der Waals surface area contributed by atoms with Crippen molar-refractivity contribution in [3.8, 4) is 0 Å². The number of hydrogen-bond donors (Lipinski definition) is 3. The number of hydrogen-bond acceptors (Lipinski definition) is 3. The van der Waals surface area contributed by atoms with Crippen molar-refractivity contribution in [2.24, 2.45) is 0 Å². The summed E-state index contributed by atoms with van der Waals surface area (Å²) in [6, 6.07) is 4.26. The zero-order valence-electron chi connectivity index (χ0n) is 13.5. The van der Waals surface area contributed by atoms with Crippen LogP contribution in [0.15, 0.2) is 24.3 Å². The third kappa shape index (κ3) is 4.12. The second-order valence-corrected chi connectivity index (χ2v) is 6.52. The summed E-state index contributed by atoms with van der Waals surface area (Å²) < 4.78 is 38.9. The molecule has 5 nitrogen and oxygen atoms in total. The summed E-state index contributed by atoms with van der Waals surface area (Å²) in [6.45, 7) is 0. The third-order valence-electron chi connectivity index (χ3n) is 4.72. The molecule has 2 aliphatic rings. The normalized spacial score (nSPS) is 26.5. The number of carbonyl (C=O) groups excluding carboxylic acids is 2. The lowest BCUT2D eigenvalue weighted by molar-refractivity contribution is -0.137. The van der Waals surface area contributed by atoms with Gasteiger partial charge in [0.25, 0.3) is 0 Å². The molecule has 1 aromatic rings. The van der Waals surface area contributed by atoms with Gasteiger partial charge in [-0.05, 0) is 25.0 Å². The molecule has 136 valence electrons. The van der Waals surface area contributed by atoms with E-state index in [9.17, 15) is 22.8 Å². The van der Waals surface area contributed by atoms with Gasteiger partial charge in [0.15, 0.2) is 0 Å². The quantitative estimate of drug-likeness (QED) is 0.780. The van der Waals surface area contributed by atoms with Crippen LogP contribution in [0.3, 0.4) is 0 Å². The van der Waals surface area contributed by atoms with Crippen LogP contribution in [-0.4, -0.2) is 29.9 Å². The number of rotatable bonds is 3. The molecule has 1 saturated carbocycles. The molecule has 0 aromatic heterocycles. The van der Waals surface area contributed by atoms with Crippen molar-refractivity contribution >= 4 is 17.5 Å². The van der Waals surface area contributed by atoms with Gasteiger partial charge in [0.1, 0.15) is 0 Å². The first kappa shape index (κ1) is 17.7. The highest BCUT2D eigenvalue weighted by Gasteiger charge is 2.37. The lowest BCUT2D eigenvalue weighted by atomic mass is 9.87. The number of amides is 2. The molecule has 1 heterocycles. The fourth-order valence-corrected chi connectivity index (χ4v) is 3.50. The molecule has 8 heteroatoms. The van der Waals surface area contributed by atoms with Crippen molar-refractivity contribution in [1.29, 1.82) is 0 Å². The molecule has 0 unspecified atom stereocenters. The van der Waals surface area contributed by atoms with Crippen LogP contribution in [0.1, 0.15) is 37.7 Å². The molecule has 0 radical (unpaired) electrons. The topological polar surface area (TPSA) is 70.2 Å². The lowest BCUT2D eigenvalue weighted by Gasteiger charge is -2.40. The Balaban J connectivity index is 1.64. The largest absolute Gasteiger partial charge is 0.418 e. The molecule has 3 N–H and O–H groups in total. The highest BCUT2D eigenvalue weighted by Crippen LogP contribution is 2.34. The number of para-hydroxylation sites is 1. The van der Waals surface area contributed by atoms with Gasteiger partial charge >= 0.3 is 6.18 Å². The predicted molar refractivity (Wildman–Crippen MR) is 85.8 cm³/mol. The Bertz CT molecular complexity index is 663. The highest BCUT2D eigenvalue weighted by molar-refractivity contribution is 5.96. The highest BCUT2D eigenvalue weighted by atomic mass is 19.4. The van der Waals surface area contributed by atoms with E-state index in [0.29, 0.717) is 0 Å². The summed E-state index contributed by atoms with van der Waals surface area (Å²) in [4.78, 5) is 24.3. The zero-order chi connectivity index (χ0) is 18.0. The Hall–Kier alpha value is -2.09. The Kier molecular flexibility index (Phi) is 4.99. The van der Waals surface area contributed by atoms with E-state index in [1.165, 1.54) is 18.2 Å². The number of fused-ring (bicyclic) bond motifs is 1. The maximum Gasteiger partial charge on any atom is 0.418 e. The number of alkyl halides is 3. The maximum atomic E-state index is 13.0. The van der Waals surface area contributed by atoms with E-state index >= 15 is 0 Å². The van der Waals surface area contributed by atoms with E-state index in [1.807, 2.05) is 0 Å². The van der Waals surface area contributed by atoms with Crippen LogP contribution in [0.5, 0.6) is 0 Å². The average Bonchev–Trinajstić information content (AvgIpc) is 2.55. The first-order valence-corrected chi connectivity index (χ1v) is 8.37. The monoisotopic (exact) mass is 355 g/mol. The zero-order valence-corrected chi connectivity index (χ0v) is 13.5. The van der Waals surface area contributed by atoms with Crippen molar-refractivity contribution < 1.29 is 22.8 Å². The molecular weight excluding hydrogens is 335 g/mol. The van der Waals surface area contributed by atoms with Gasteiger partial charge in [0, 0.05) is 12.1 Å². The van der Waals surface area contributed by atoms with Gasteiger partial charge in [-0.2, -0.15) is 13.2 Å². The summed E-state index contributed by atoms with van der Waals surface area (Å²) in [5, 5.41) is 8.36. The molecule has 1 aliphatic heterocycles. The van der Waals surface area contributed by atoms with Gasteiger partial charge in [-0.15, -0.1) is 0 Å². The van der Waals surface area contributed by atoms with Crippen LogP contribution >= 0.6 is 0 Å². The van der Waals surface area contributed by atoms with Crippen molar-refractivity contribution in [3.05, 3.63) is 29.8 Å². The summed E-state index contributed by atoms with van der Waals surface area (Å²) in [6.07, 6.45) is -0.827. The van der Waals surface area contributed by atoms with Gasteiger partial charge in [-0.25, -0.2) is 0 Å². The van der Waals surface area contributed by atoms with Crippen molar-refractivity contribution in [2.75, 3.05) is 5.32 Å². The van der Waals surface area contributed by atoms with Crippen molar-refractivity contribution in [3.63, 3.8) is 0 Å². The molecule has 3 atom stereocenters. The maximum absolute atomic E-state index is 13.0. The van der Waals surface area contributed by atoms with E-state index in [4.69, 9.17) is 0 Å². The number of carbonyl (C=O) groups is 2. The van der Waals surface area contributed by atoms with E-state index < -0.39 is 23.7 Å². The smallest absolute Gasteiger partial charge is 0.350 e. The summed E-state index contributed by atoms with van der Waals surface area (Å²) in [5.74, 6) is -0.902. The van der Waals surface area contributed by atoms with Gasteiger partial charge in [0.2, 0.25) is 11.8 Å². The number of piperazine rings is 1. The van der Waals surface area contributed by atoms with Crippen molar-refractivity contribution in [1.82, 2.24) is 10.6 Å². The lowest BCUT2D eigenvalue weighted by Crippen LogP contribution is -2.65. The second kappa shape index (κ2) is 7.03. The minimum Gasteiger partial charge on any atom is -0.350 e. The van der Waals surface area contributed by atoms with Gasteiger partial charge in [0.05, 0.1) is 23.7 Å². The molecule has 0 bridgehead atoms.